The van der Waals surface area contributed by atoms with Gasteiger partial charge in [0.1, 0.15) is 5.00 Å². The minimum absolute atomic E-state index is 0.150. The van der Waals surface area contributed by atoms with E-state index in [-0.39, 0.29) is 10.7 Å². The summed E-state index contributed by atoms with van der Waals surface area (Å²) in [6, 6.07) is 0. The molecule has 0 aromatic carbocycles. The molecule has 1 aromatic rings. The van der Waals surface area contributed by atoms with Gasteiger partial charge >= 0.3 is 5.97 Å². The molecule has 1 aromatic heterocycles. The maximum absolute atomic E-state index is 11.5. The van der Waals surface area contributed by atoms with Gasteiger partial charge in [-0.1, -0.05) is 19.3 Å². The van der Waals surface area contributed by atoms with Gasteiger partial charge in [0.15, 0.2) is 5.69 Å². The SMILES string of the molecule is O=C(O)c1ncsc1N(CC1CCCCC1)S(=O)O. The predicted octanol–water partition coefficient (Wildman–Crippen LogP) is 2.36. The molecule has 1 heterocycles. The first-order valence-corrected chi connectivity index (χ1v) is 8.09. The molecule has 0 saturated heterocycles. The topological polar surface area (TPSA) is 90.7 Å². The molecular weight excluding hydrogens is 288 g/mol. The van der Waals surface area contributed by atoms with Crippen molar-refractivity contribution in [1.82, 2.24) is 4.98 Å². The van der Waals surface area contributed by atoms with Crippen LogP contribution in [0.4, 0.5) is 5.00 Å². The number of carboxylic acid groups (broad SMARTS) is 1. The van der Waals surface area contributed by atoms with Gasteiger partial charge in [0.25, 0.3) is 11.3 Å². The molecule has 0 aliphatic heterocycles. The zero-order valence-electron chi connectivity index (χ0n) is 10.3. The first-order chi connectivity index (χ1) is 9.09. The highest BCUT2D eigenvalue weighted by atomic mass is 32.2. The second-order valence-electron chi connectivity index (χ2n) is 4.61. The Bertz CT molecular complexity index is 471. The van der Waals surface area contributed by atoms with Crippen molar-refractivity contribution in [3.8, 4) is 0 Å². The number of aromatic nitrogens is 1. The molecule has 0 spiro atoms. The van der Waals surface area contributed by atoms with Gasteiger partial charge in [0, 0.05) is 6.54 Å². The summed E-state index contributed by atoms with van der Waals surface area (Å²) in [7, 11) is 0. The molecule has 19 heavy (non-hydrogen) atoms. The van der Waals surface area contributed by atoms with Crippen LogP contribution in [0.25, 0.3) is 0 Å². The van der Waals surface area contributed by atoms with Gasteiger partial charge in [0.05, 0.1) is 5.51 Å². The van der Waals surface area contributed by atoms with Crippen molar-refractivity contribution in [2.75, 3.05) is 10.8 Å². The average Bonchev–Trinajstić information content (AvgIpc) is 2.86. The number of aromatic carboxylic acids is 1. The van der Waals surface area contributed by atoms with Crippen molar-refractivity contribution in [3.05, 3.63) is 11.2 Å². The summed E-state index contributed by atoms with van der Waals surface area (Å²) in [5, 5.41) is 9.29. The van der Waals surface area contributed by atoms with Crippen LogP contribution in [0.5, 0.6) is 0 Å². The van der Waals surface area contributed by atoms with Gasteiger partial charge in [-0.25, -0.2) is 14.0 Å². The van der Waals surface area contributed by atoms with E-state index in [9.17, 15) is 13.6 Å². The summed E-state index contributed by atoms with van der Waals surface area (Å²) in [4.78, 5) is 14.8. The third-order valence-corrected chi connectivity index (χ3v) is 4.99. The Labute approximate surface area is 117 Å². The number of anilines is 1. The lowest BCUT2D eigenvalue weighted by Crippen LogP contribution is -2.32. The standard InChI is InChI=1S/C11H16N2O4S2/c14-11(15)9-10(18-7-12-9)13(19(16)17)6-8-4-2-1-3-5-8/h7-8H,1-6H2,(H,14,15)(H,16,17). The van der Waals surface area contributed by atoms with E-state index in [0.29, 0.717) is 12.5 Å². The van der Waals surface area contributed by atoms with E-state index in [1.807, 2.05) is 0 Å². The van der Waals surface area contributed by atoms with E-state index < -0.39 is 17.2 Å². The summed E-state index contributed by atoms with van der Waals surface area (Å²) in [6.07, 6.45) is 5.51. The van der Waals surface area contributed by atoms with Crippen molar-refractivity contribution in [1.29, 1.82) is 0 Å². The highest BCUT2D eigenvalue weighted by Gasteiger charge is 2.26. The molecule has 2 N–H and O–H groups in total. The van der Waals surface area contributed by atoms with Gasteiger partial charge < -0.3 is 5.11 Å². The predicted molar refractivity (Wildman–Crippen MR) is 73.8 cm³/mol. The Morgan fingerprint density at radius 1 is 1.47 bits per heavy atom. The molecule has 1 atom stereocenters. The van der Waals surface area contributed by atoms with Crippen LogP contribution in [0.15, 0.2) is 5.51 Å². The summed E-state index contributed by atoms with van der Waals surface area (Å²) in [6.45, 7) is 0.408. The third kappa shape index (κ3) is 3.52. The second-order valence-corrected chi connectivity index (χ2v) is 6.34. The lowest BCUT2D eigenvalue weighted by atomic mass is 9.89. The van der Waals surface area contributed by atoms with E-state index in [4.69, 9.17) is 5.11 Å². The van der Waals surface area contributed by atoms with Gasteiger partial charge in [0.2, 0.25) is 0 Å². The number of rotatable bonds is 5. The van der Waals surface area contributed by atoms with Crippen LogP contribution in [0.2, 0.25) is 0 Å². The van der Waals surface area contributed by atoms with Crippen LogP contribution in [-0.4, -0.2) is 31.4 Å². The maximum Gasteiger partial charge on any atom is 0.357 e. The fourth-order valence-corrected chi connectivity index (χ4v) is 3.97. The summed E-state index contributed by atoms with van der Waals surface area (Å²) in [5.74, 6) is -0.830. The van der Waals surface area contributed by atoms with Crippen LogP contribution < -0.4 is 4.31 Å². The lowest BCUT2D eigenvalue weighted by molar-refractivity contribution is 0.0692. The largest absolute Gasteiger partial charge is 0.476 e. The Morgan fingerprint density at radius 3 is 2.74 bits per heavy atom. The Balaban J connectivity index is 2.17. The van der Waals surface area contributed by atoms with Crippen molar-refractivity contribution in [2.24, 2.45) is 5.92 Å². The van der Waals surface area contributed by atoms with Crippen LogP contribution in [0.3, 0.4) is 0 Å². The molecule has 0 amide bonds. The van der Waals surface area contributed by atoms with Gasteiger partial charge in [-0.05, 0) is 18.8 Å². The summed E-state index contributed by atoms with van der Waals surface area (Å²) in [5.41, 5.74) is 1.24. The number of hydrogen-bond acceptors (Lipinski definition) is 4. The van der Waals surface area contributed by atoms with E-state index in [1.165, 1.54) is 16.2 Å². The fraction of sp³-hybridized carbons (Fsp3) is 0.636. The maximum atomic E-state index is 11.5. The number of hydrogen-bond donors (Lipinski definition) is 2. The normalized spacial score (nSPS) is 18.2. The Hall–Kier alpha value is -0.990. The molecule has 0 bridgehead atoms. The van der Waals surface area contributed by atoms with Crippen LogP contribution in [-0.2, 0) is 11.3 Å². The lowest BCUT2D eigenvalue weighted by Gasteiger charge is -2.27. The van der Waals surface area contributed by atoms with Gasteiger partial charge in [-0.2, -0.15) is 0 Å². The molecule has 1 aliphatic carbocycles. The van der Waals surface area contributed by atoms with E-state index in [1.54, 1.807) is 0 Å². The Morgan fingerprint density at radius 2 is 2.16 bits per heavy atom. The zero-order valence-corrected chi connectivity index (χ0v) is 12.0. The number of thiazole rings is 1. The van der Waals surface area contributed by atoms with Gasteiger partial charge in [-0.15, -0.1) is 11.3 Å². The minimum atomic E-state index is -2.22. The summed E-state index contributed by atoms with van der Waals surface area (Å²) < 4.78 is 22.1. The molecule has 0 radical (unpaired) electrons. The smallest absolute Gasteiger partial charge is 0.357 e. The number of nitrogens with zero attached hydrogens (tertiary/aromatic N) is 2. The van der Waals surface area contributed by atoms with E-state index >= 15 is 0 Å². The molecule has 1 fully saturated rings. The second kappa shape index (κ2) is 6.44. The van der Waals surface area contributed by atoms with Crippen molar-refractivity contribution < 1.29 is 18.7 Å². The van der Waals surface area contributed by atoms with Crippen LogP contribution in [0, 0.1) is 5.92 Å². The Kier molecular flexibility index (Phi) is 4.89. The average molecular weight is 304 g/mol. The first kappa shape index (κ1) is 14.4. The van der Waals surface area contributed by atoms with Gasteiger partial charge in [-0.3, -0.25) is 8.86 Å². The molecular formula is C11H16N2O4S2. The molecule has 2 rings (SSSR count). The first-order valence-electron chi connectivity index (χ1n) is 6.15. The highest BCUT2D eigenvalue weighted by Crippen LogP contribution is 2.31. The molecule has 1 unspecified atom stereocenters. The van der Waals surface area contributed by atoms with Crippen molar-refractivity contribution in [3.63, 3.8) is 0 Å². The van der Waals surface area contributed by atoms with E-state index in [0.717, 1.165) is 37.0 Å². The monoisotopic (exact) mass is 304 g/mol. The third-order valence-electron chi connectivity index (χ3n) is 3.32. The quantitative estimate of drug-likeness (QED) is 0.815. The van der Waals surface area contributed by atoms with E-state index in [2.05, 4.69) is 4.98 Å². The number of carboxylic acids is 1. The van der Waals surface area contributed by atoms with Crippen LogP contribution >= 0.6 is 11.3 Å². The zero-order chi connectivity index (χ0) is 13.8. The van der Waals surface area contributed by atoms with Crippen molar-refractivity contribution in [2.45, 2.75) is 32.1 Å². The summed E-state index contributed by atoms with van der Waals surface area (Å²) >= 11 is -1.14. The minimum Gasteiger partial charge on any atom is -0.476 e. The highest BCUT2D eigenvalue weighted by molar-refractivity contribution is 7.81. The molecule has 8 heteroatoms. The van der Waals surface area contributed by atoms with Crippen molar-refractivity contribution >= 4 is 33.6 Å². The fourth-order valence-electron chi connectivity index (χ4n) is 2.39. The van der Waals surface area contributed by atoms with Crippen LogP contribution in [0.1, 0.15) is 42.6 Å². The number of carbonyl (C=O) groups is 1. The molecule has 1 saturated carbocycles. The molecule has 106 valence electrons. The molecule has 1 aliphatic rings. The molecule has 6 nitrogen and oxygen atoms in total.